The van der Waals surface area contributed by atoms with Crippen molar-refractivity contribution >= 4 is 22.1 Å². The van der Waals surface area contributed by atoms with E-state index >= 15 is 0 Å². The van der Waals surface area contributed by atoms with E-state index in [0.717, 1.165) is 62.2 Å². The Balaban J connectivity index is 1.32. The molecule has 2 aromatic carbocycles. The summed E-state index contributed by atoms with van der Waals surface area (Å²) in [5.74, 6) is 0. The Morgan fingerprint density at radius 2 is 1.83 bits per heavy atom. The molecule has 30 heavy (non-hydrogen) atoms. The lowest BCUT2D eigenvalue weighted by molar-refractivity contribution is 0.255. The molecule has 6 heteroatoms. The van der Waals surface area contributed by atoms with Crippen LogP contribution in [0.3, 0.4) is 0 Å². The number of benzene rings is 2. The van der Waals surface area contributed by atoms with Gasteiger partial charge in [0.25, 0.3) is 5.56 Å². The van der Waals surface area contributed by atoms with Gasteiger partial charge in [-0.05, 0) is 68.3 Å². The number of anilines is 2. The van der Waals surface area contributed by atoms with Crippen LogP contribution < -0.4 is 16.2 Å². The second kappa shape index (κ2) is 8.60. The van der Waals surface area contributed by atoms with Crippen LogP contribution in [0, 0.1) is 18.3 Å². The molecule has 1 aliphatic heterocycles. The summed E-state index contributed by atoms with van der Waals surface area (Å²) in [4.78, 5) is 20.4. The number of piperazine rings is 1. The molecule has 0 spiro atoms. The molecular formula is C24H27N5O. The van der Waals surface area contributed by atoms with Gasteiger partial charge in [0, 0.05) is 48.6 Å². The maximum atomic E-state index is 12.5. The number of rotatable bonds is 5. The molecule has 6 nitrogen and oxygen atoms in total. The lowest BCUT2D eigenvalue weighted by Gasteiger charge is -2.36. The van der Waals surface area contributed by atoms with E-state index < -0.39 is 0 Å². The van der Waals surface area contributed by atoms with Gasteiger partial charge in [-0.2, -0.15) is 5.26 Å². The van der Waals surface area contributed by atoms with Crippen molar-refractivity contribution in [3.05, 3.63) is 69.6 Å². The summed E-state index contributed by atoms with van der Waals surface area (Å²) in [6.45, 7) is 6.93. The summed E-state index contributed by atoms with van der Waals surface area (Å²) in [6, 6.07) is 15.8. The van der Waals surface area contributed by atoms with Gasteiger partial charge in [-0.3, -0.25) is 9.69 Å². The topological polar surface area (TPSA) is 89.2 Å². The number of aryl methyl sites for hydroxylation is 2. The Kier molecular flexibility index (Phi) is 5.73. The molecule has 0 aliphatic carbocycles. The van der Waals surface area contributed by atoms with Crippen molar-refractivity contribution < 1.29 is 0 Å². The van der Waals surface area contributed by atoms with Gasteiger partial charge < -0.3 is 15.6 Å². The number of H-pyrrole nitrogens is 1. The van der Waals surface area contributed by atoms with E-state index in [1.165, 1.54) is 5.69 Å². The maximum absolute atomic E-state index is 12.5. The van der Waals surface area contributed by atoms with Gasteiger partial charge in [-0.25, -0.2) is 0 Å². The SMILES string of the molecule is Cc1ccc(N)c2cc(CCCN3CCN(c4ccc(C#N)cc4)CC3)[nH]c(=O)c12. The van der Waals surface area contributed by atoms with Crippen LogP contribution >= 0.6 is 0 Å². The highest BCUT2D eigenvalue weighted by atomic mass is 16.1. The first-order chi connectivity index (χ1) is 14.5. The Morgan fingerprint density at radius 1 is 1.10 bits per heavy atom. The first-order valence-corrected chi connectivity index (χ1v) is 10.4. The maximum Gasteiger partial charge on any atom is 0.256 e. The third-order valence-corrected chi connectivity index (χ3v) is 5.96. The van der Waals surface area contributed by atoms with Crippen LogP contribution in [-0.4, -0.2) is 42.6 Å². The highest BCUT2D eigenvalue weighted by Gasteiger charge is 2.17. The Morgan fingerprint density at radius 3 is 2.53 bits per heavy atom. The minimum absolute atomic E-state index is 0.0525. The standard InChI is InChI=1S/C24H27N5O/c1-17-4-9-22(26)21-15-19(27-24(30)23(17)21)3-2-10-28-11-13-29(14-12-28)20-7-5-18(16-25)6-8-20/h4-9,15H,2-3,10-14,26H2,1H3,(H,27,30). The van der Waals surface area contributed by atoms with Gasteiger partial charge in [0.15, 0.2) is 0 Å². The molecule has 1 saturated heterocycles. The molecular weight excluding hydrogens is 374 g/mol. The summed E-state index contributed by atoms with van der Waals surface area (Å²) in [7, 11) is 0. The highest BCUT2D eigenvalue weighted by molar-refractivity contribution is 5.94. The van der Waals surface area contributed by atoms with E-state index in [0.29, 0.717) is 16.6 Å². The van der Waals surface area contributed by atoms with Crippen LogP contribution in [0.25, 0.3) is 10.8 Å². The van der Waals surface area contributed by atoms with E-state index in [1.807, 2.05) is 49.4 Å². The molecule has 0 bridgehead atoms. The van der Waals surface area contributed by atoms with Crippen molar-refractivity contribution in [1.82, 2.24) is 9.88 Å². The molecule has 0 saturated carbocycles. The number of hydrogen-bond donors (Lipinski definition) is 2. The second-order valence-corrected chi connectivity index (χ2v) is 7.97. The molecule has 0 unspecified atom stereocenters. The summed E-state index contributed by atoms with van der Waals surface area (Å²) in [5.41, 5.74) is 10.5. The van der Waals surface area contributed by atoms with Gasteiger partial charge in [-0.1, -0.05) is 6.07 Å². The Bertz CT molecular complexity index is 1140. The van der Waals surface area contributed by atoms with Gasteiger partial charge in [0.1, 0.15) is 0 Å². The van der Waals surface area contributed by atoms with Crippen LogP contribution in [0.2, 0.25) is 0 Å². The van der Waals surface area contributed by atoms with E-state index in [4.69, 9.17) is 11.0 Å². The average Bonchev–Trinajstić information content (AvgIpc) is 2.77. The number of nitrogens with one attached hydrogen (secondary N) is 1. The lowest BCUT2D eigenvalue weighted by atomic mass is 10.0. The van der Waals surface area contributed by atoms with E-state index in [9.17, 15) is 4.79 Å². The molecule has 154 valence electrons. The summed E-state index contributed by atoms with van der Waals surface area (Å²) < 4.78 is 0. The lowest BCUT2D eigenvalue weighted by Crippen LogP contribution is -2.46. The monoisotopic (exact) mass is 401 g/mol. The summed E-state index contributed by atoms with van der Waals surface area (Å²) in [6.07, 6.45) is 1.82. The van der Waals surface area contributed by atoms with Crippen molar-refractivity contribution in [2.45, 2.75) is 19.8 Å². The fourth-order valence-corrected chi connectivity index (χ4v) is 4.22. The second-order valence-electron chi connectivity index (χ2n) is 7.97. The molecule has 1 aliphatic rings. The largest absolute Gasteiger partial charge is 0.398 e. The first-order valence-electron chi connectivity index (χ1n) is 10.4. The molecule has 1 aromatic heterocycles. The van der Waals surface area contributed by atoms with E-state index in [1.54, 1.807) is 0 Å². The molecule has 3 aromatic rings. The van der Waals surface area contributed by atoms with E-state index in [2.05, 4.69) is 20.9 Å². The van der Waals surface area contributed by atoms with Crippen molar-refractivity contribution in [3.63, 3.8) is 0 Å². The quantitative estimate of drug-likeness (QED) is 0.642. The molecule has 1 fully saturated rings. The van der Waals surface area contributed by atoms with Crippen LogP contribution in [0.15, 0.2) is 47.3 Å². The number of nitrogens with zero attached hydrogens (tertiary/aromatic N) is 3. The third kappa shape index (κ3) is 4.17. The van der Waals surface area contributed by atoms with Gasteiger partial charge in [0.05, 0.1) is 17.0 Å². The zero-order chi connectivity index (χ0) is 21.1. The number of fused-ring (bicyclic) bond motifs is 1. The summed E-state index contributed by atoms with van der Waals surface area (Å²) >= 11 is 0. The predicted octanol–water partition coefficient (Wildman–Crippen LogP) is 3.05. The number of nitrogens with two attached hydrogens (primary N) is 1. The number of pyridine rings is 1. The normalized spacial score (nSPS) is 14.7. The predicted molar refractivity (Wildman–Crippen MR) is 122 cm³/mol. The third-order valence-electron chi connectivity index (χ3n) is 5.96. The van der Waals surface area contributed by atoms with Crippen LogP contribution in [0.5, 0.6) is 0 Å². The minimum Gasteiger partial charge on any atom is -0.398 e. The average molecular weight is 402 g/mol. The Labute approximate surface area is 176 Å². The molecule has 0 amide bonds. The van der Waals surface area contributed by atoms with E-state index in [-0.39, 0.29) is 5.56 Å². The molecule has 2 heterocycles. The Hall–Kier alpha value is -3.30. The molecule has 0 atom stereocenters. The van der Waals surface area contributed by atoms with Crippen molar-refractivity contribution in [2.75, 3.05) is 43.4 Å². The minimum atomic E-state index is -0.0525. The van der Waals surface area contributed by atoms with Gasteiger partial charge >= 0.3 is 0 Å². The molecule has 4 rings (SSSR count). The zero-order valence-corrected chi connectivity index (χ0v) is 17.3. The number of aromatic amines is 1. The van der Waals surface area contributed by atoms with Gasteiger partial charge in [-0.15, -0.1) is 0 Å². The molecule has 3 N–H and O–H groups in total. The van der Waals surface area contributed by atoms with Crippen LogP contribution in [0.1, 0.15) is 23.2 Å². The first kappa shape index (κ1) is 20.0. The number of nitriles is 1. The van der Waals surface area contributed by atoms with Crippen LogP contribution in [-0.2, 0) is 6.42 Å². The fraction of sp³-hybridized carbons (Fsp3) is 0.333. The molecule has 0 radical (unpaired) electrons. The van der Waals surface area contributed by atoms with Crippen molar-refractivity contribution in [3.8, 4) is 6.07 Å². The highest BCUT2D eigenvalue weighted by Crippen LogP contribution is 2.22. The number of aromatic nitrogens is 1. The van der Waals surface area contributed by atoms with Crippen molar-refractivity contribution in [1.29, 1.82) is 5.26 Å². The smallest absolute Gasteiger partial charge is 0.256 e. The zero-order valence-electron chi connectivity index (χ0n) is 17.3. The number of nitrogen functional groups attached to an aromatic ring is 1. The summed E-state index contributed by atoms with van der Waals surface area (Å²) in [5, 5.41) is 10.5. The fourth-order valence-electron chi connectivity index (χ4n) is 4.22. The van der Waals surface area contributed by atoms with Gasteiger partial charge in [0.2, 0.25) is 0 Å². The van der Waals surface area contributed by atoms with Crippen LogP contribution in [0.4, 0.5) is 11.4 Å². The number of hydrogen-bond acceptors (Lipinski definition) is 5. The van der Waals surface area contributed by atoms with Crippen molar-refractivity contribution in [2.24, 2.45) is 0 Å².